The molecule has 0 bridgehead atoms. The Morgan fingerprint density at radius 3 is 2.52 bits per heavy atom. The first-order chi connectivity index (χ1) is 23.4. The lowest BCUT2D eigenvalue weighted by molar-refractivity contribution is -0.147. The molecule has 2 aliphatic heterocycles. The summed E-state index contributed by atoms with van der Waals surface area (Å²) < 4.78 is 35.6. The standard InChI is InChI=1S/C36H49ClN4O7/c1-4-5-17-36(37)29(27-12-7-6-8-13-27)14-9-16-35(36,48-22-11-19-41-20-23-45-24-21-41)26-47-34-39-31(43-2)28(32(40-34)44-3)25-46-33(42)30-15-10-18-38-30/h6-9,12-14,16,30,38H,4-5,10-11,15,17-26H2,1-3H3/t30-,35?,36?/m0/s1. The number of methoxy groups -OCH3 is 2. The molecule has 12 heteroatoms. The van der Waals surface area contributed by atoms with Crippen LogP contribution in [0, 0.1) is 0 Å². The Morgan fingerprint density at radius 1 is 1.10 bits per heavy atom. The third-order valence-corrected chi connectivity index (χ3v) is 9.90. The van der Waals surface area contributed by atoms with Crippen molar-refractivity contribution in [1.29, 1.82) is 0 Å². The first kappa shape index (κ1) is 36.1. The maximum Gasteiger partial charge on any atom is 0.323 e. The second kappa shape index (κ2) is 17.4. The quantitative estimate of drug-likeness (QED) is 0.139. The number of esters is 1. The second-order valence-electron chi connectivity index (χ2n) is 12.3. The molecule has 262 valence electrons. The largest absolute Gasteiger partial charge is 0.480 e. The van der Waals surface area contributed by atoms with E-state index in [-0.39, 0.29) is 43.0 Å². The Bertz CT molecular complexity index is 1370. The SMILES string of the molecule is CCCCC1(Cl)C(c2ccccc2)=CC=CC1(COc1nc(OC)c(COC(=O)[C@@H]2CCCN2)c(OC)n1)OCCCN1CCOCC1. The number of allylic oxidation sites excluding steroid dienone is 2. The summed E-state index contributed by atoms with van der Waals surface area (Å²) in [5.74, 6) is 0.0508. The predicted octanol–water partition coefficient (Wildman–Crippen LogP) is 4.97. The minimum absolute atomic E-state index is 0.0336. The van der Waals surface area contributed by atoms with Crippen molar-refractivity contribution in [2.75, 3.05) is 66.8 Å². The Labute approximate surface area is 288 Å². The molecule has 0 amide bonds. The average Bonchev–Trinajstić information content (AvgIpc) is 3.68. The number of carbonyl (C=O) groups is 1. The van der Waals surface area contributed by atoms with Crippen LogP contribution in [-0.2, 0) is 25.6 Å². The lowest BCUT2D eigenvalue weighted by atomic mass is 9.72. The van der Waals surface area contributed by atoms with Gasteiger partial charge in [0.1, 0.15) is 35.3 Å². The van der Waals surface area contributed by atoms with Crippen molar-refractivity contribution in [1.82, 2.24) is 20.2 Å². The zero-order valence-corrected chi connectivity index (χ0v) is 29.1. The molecule has 5 rings (SSSR count). The Balaban J connectivity index is 1.40. The summed E-state index contributed by atoms with van der Waals surface area (Å²) in [6.07, 6.45) is 11.1. The Kier molecular flexibility index (Phi) is 13.1. The highest BCUT2D eigenvalue weighted by Crippen LogP contribution is 2.50. The van der Waals surface area contributed by atoms with Crippen molar-refractivity contribution >= 4 is 23.1 Å². The highest BCUT2D eigenvalue weighted by atomic mass is 35.5. The van der Waals surface area contributed by atoms with Crippen molar-refractivity contribution < 1.29 is 33.2 Å². The van der Waals surface area contributed by atoms with Gasteiger partial charge >= 0.3 is 12.0 Å². The molecule has 3 atom stereocenters. The number of halogens is 1. The van der Waals surface area contributed by atoms with Gasteiger partial charge in [0.05, 0.1) is 27.4 Å². The van der Waals surface area contributed by atoms with E-state index in [0.717, 1.165) is 82.6 Å². The first-order valence-corrected chi connectivity index (χ1v) is 17.4. The average molecular weight is 685 g/mol. The van der Waals surface area contributed by atoms with Crippen LogP contribution in [0.15, 0.2) is 48.6 Å². The van der Waals surface area contributed by atoms with Gasteiger partial charge in [0.2, 0.25) is 11.8 Å². The van der Waals surface area contributed by atoms with Gasteiger partial charge in [-0.15, -0.1) is 11.6 Å². The topological polar surface area (TPSA) is 114 Å². The molecule has 2 saturated heterocycles. The molecule has 11 nitrogen and oxygen atoms in total. The number of carbonyl (C=O) groups excluding carboxylic acids is 1. The fourth-order valence-electron chi connectivity index (χ4n) is 6.49. The summed E-state index contributed by atoms with van der Waals surface area (Å²) in [5, 5.41) is 3.15. The van der Waals surface area contributed by atoms with E-state index in [1.165, 1.54) is 14.2 Å². The van der Waals surface area contributed by atoms with Crippen molar-refractivity contribution in [3.63, 3.8) is 0 Å². The first-order valence-electron chi connectivity index (χ1n) is 17.0. The number of morpholine rings is 1. The number of ether oxygens (including phenoxy) is 6. The van der Waals surface area contributed by atoms with Gasteiger partial charge < -0.3 is 33.7 Å². The summed E-state index contributed by atoms with van der Waals surface area (Å²) in [5.41, 5.74) is 1.36. The molecule has 1 aliphatic carbocycles. The summed E-state index contributed by atoms with van der Waals surface area (Å²) >= 11 is 7.84. The van der Waals surface area contributed by atoms with Crippen LogP contribution in [0.1, 0.15) is 56.6 Å². The minimum Gasteiger partial charge on any atom is -0.480 e. The number of hydrogen-bond donors (Lipinski definition) is 1. The van der Waals surface area contributed by atoms with Crippen LogP contribution in [0.3, 0.4) is 0 Å². The molecule has 48 heavy (non-hydrogen) atoms. The number of unbranched alkanes of at least 4 members (excludes halogenated alkanes) is 1. The van der Waals surface area contributed by atoms with E-state index < -0.39 is 10.5 Å². The monoisotopic (exact) mass is 684 g/mol. The lowest BCUT2D eigenvalue weighted by Gasteiger charge is -2.47. The lowest BCUT2D eigenvalue weighted by Crippen LogP contribution is -2.57. The zero-order valence-electron chi connectivity index (χ0n) is 28.4. The molecule has 0 saturated carbocycles. The van der Waals surface area contributed by atoms with Crippen molar-refractivity contribution in [2.24, 2.45) is 0 Å². The Morgan fingerprint density at radius 2 is 1.85 bits per heavy atom. The second-order valence-corrected chi connectivity index (χ2v) is 12.9. The van der Waals surface area contributed by atoms with Gasteiger partial charge in [-0.3, -0.25) is 9.69 Å². The molecule has 3 aliphatic rings. The van der Waals surface area contributed by atoms with E-state index in [1.54, 1.807) is 0 Å². The number of benzene rings is 1. The van der Waals surface area contributed by atoms with Crippen LogP contribution in [0.5, 0.6) is 17.8 Å². The van der Waals surface area contributed by atoms with E-state index >= 15 is 0 Å². The summed E-state index contributed by atoms with van der Waals surface area (Å²) in [6, 6.07) is 9.89. The summed E-state index contributed by atoms with van der Waals surface area (Å²) in [4.78, 5) is 23.1. The molecule has 1 N–H and O–H groups in total. The number of aromatic nitrogens is 2. The highest BCUT2D eigenvalue weighted by Gasteiger charge is 2.54. The van der Waals surface area contributed by atoms with Gasteiger partial charge in [-0.25, -0.2) is 0 Å². The Hall–Kier alpha value is -3.22. The third-order valence-electron chi connectivity index (χ3n) is 9.18. The number of hydrogen-bond acceptors (Lipinski definition) is 11. The maximum atomic E-state index is 12.6. The van der Waals surface area contributed by atoms with E-state index in [0.29, 0.717) is 18.6 Å². The van der Waals surface area contributed by atoms with Gasteiger partial charge in [-0.05, 0) is 49.4 Å². The molecule has 0 spiro atoms. The van der Waals surface area contributed by atoms with E-state index in [9.17, 15) is 4.79 Å². The van der Waals surface area contributed by atoms with Gasteiger partial charge in [-0.1, -0.05) is 62.2 Å². The van der Waals surface area contributed by atoms with Crippen LogP contribution in [-0.4, -0.2) is 104 Å². The van der Waals surface area contributed by atoms with Gasteiger partial charge in [-0.2, -0.15) is 9.97 Å². The minimum atomic E-state index is -1.05. The fourth-order valence-corrected chi connectivity index (χ4v) is 6.97. The van der Waals surface area contributed by atoms with Crippen LogP contribution in [0.25, 0.3) is 5.57 Å². The molecule has 0 radical (unpaired) electrons. The van der Waals surface area contributed by atoms with Crippen LogP contribution in [0.2, 0.25) is 0 Å². The smallest absolute Gasteiger partial charge is 0.323 e. The number of nitrogens with one attached hydrogen (secondary N) is 1. The molecule has 2 fully saturated rings. The molecule has 1 aromatic heterocycles. The molecule has 2 aromatic rings. The van der Waals surface area contributed by atoms with Crippen molar-refractivity contribution in [2.45, 2.75) is 68.6 Å². The van der Waals surface area contributed by atoms with Crippen LogP contribution in [0.4, 0.5) is 0 Å². The molecule has 2 unspecified atom stereocenters. The third kappa shape index (κ3) is 8.49. The zero-order chi connectivity index (χ0) is 33.8. The van der Waals surface area contributed by atoms with Gasteiger partial charge in [0.15, 0.2) is 0 Å². The van der Waals surface area contributed by atoms with Gasteiger partial charge in [0.25, 0.3) is 0 Å². The summed E-state index contributed by atoms with van der Waals surface area (Å²) in [7, 11) is 2.98. The fraction of sp³-hybridized carbons (Fsp3) is 0.583. The maximum absolute atomic E-state index is 12.6. The molecule has 3 heterocycles. The summed E-state index contributed by atoms with van der Waals surface area (Å²) in [6.45, 7) is 7.58. The van der Waals surface area contributed by atoms with E-state index in [2.05, 4.69) is 45.3 Å². The van der Waals surface area contributed by atoms with E-state index in [1.807, 2.05) is 30.4 Å². The number of rotatable bonds is 17. The van der Waals surface area contributed by atoms with Gasteiger partial charge in [0, 0.05) is 26.2 Å². The predicted molar refractivity (Wildman–Crippen MR) is 184 cm³/mol. The normalized spacial score (nSPS) is 24.2. The molecular weight excluding hydrogens is 636 g/mol. The van der Waals surface area contributed by atoms with Crippen LogP contribution < -0.4 is 19.5 Å². The van der Waals surface area contributed by atoms with Crippen molar-refractivity contribution in [3.8, 4) is 17.8 Å². The highest BCUT2D eigenvalue weighted by molar-refractivity contribution is 6.32. The number of alkyl halides is 1. The van der Waals surface area contributed by atoms with Crippen LogP contribution >= 0.6 is 11.6 Å². The molecule has 1 aromatic carbocycles. The van der Waals surface area contributed by atoms with Crippen molar-refractivity contribution in [3.05, 3.63) is 59.7 Å². The van der Waals surface area contributed by atoms with E-state index in [4.69, 9.17) is 40.0 Å². The molecular formula is C36H49ClN4O7. The number of nitrogens with zero attached hydrogens (tertiary/aromatic N) is 3.